The highest BCUT2D eigenvalue weighted by molar-refractivity contribution is 6.31. The van der Waals surface area contributed by atoms with Crippen molar-refractivity contribution in [3.8, 4) is 5.75 Å². The van der Waals surface area contributed by atoms with Crippen molar-refractivity contribution >= 4 is 23.3 Å². The molecule has 0 saturated carbocycles. The lowest BCUT2D eigenvalue weighted by molar-refractivity contribution is -0.130. The third-order valence-corrected chi connectivity index (χ3v) is 6.45. The highest BCUT2D eigenvalue weighted by Crippen LogP contribution is 2.23. The number of aromatic hydroxyl groups is 1. The first-order chi connectivity index (χ1) is 17.1. The molecule has 0 bridgehead atoms. The van der Waals surface area contributed by atoms with Crippen molar-refractivity contribution in [2.24, 2.45) is 0 Å². The van der Waals surface area contributed by atoms with E-state index in [1.165, 1.54) is 6.07 Å². The molecule has 36 heavy (non-hydrogen) atoms. The summed E-state index contributed by atoms with van der Waals surface area (Å²) in [4.78, 5) is 18.8. The summed E-state index contributed by atoms with van der Waals surface area (Å²) in [7, 11) is 0. The minimum absolute atomic E-state index is 0.00771. The fourth-order valence-electron chi connectivity index (χ4n) is 4.08. The van der Waals surface area contributed by atoms with E-state index in [1.54, 1.807) is 35.4 Å². The van der Waals surface area contributed by atoms with E-state index < -0.39 is 6.10 Å². The average molecular weight is 511 g/mol. The highest BCUT2D eigenvalue weighted by Gasteiger charge is 2.21. The number of rotatable bonds is 11. The van der Waals surface area contributed by atoms with E-state index in [-0.39, 0.29) is 23.6 Å². The summed E-state index contributed by atoms with van der Waals surface area (Å²) < 4.78 is 0. The minimum atomic E-state index is -0.693. The molecular weight excluding hydrogens is 476 g/mol. The zero-order valence-corrected chi connectivity index (χ0v) is 21.8. The van der Waals surface area contributed by atoms with E-state index in [1.807, 2.05) is 25.1 Å². The number of aliphatic hydroxyl groups excluding tert-OH is 1. The van der Waals surface area contributed by atoms with Gasteiger partial charge in [0.1, 0.15) is 11.6 Å². The first kappa shape index (κ1) is 27.5. The molecule has 3 rings (SSSR count). The van der Waals surface area contributed by atoms with Crippen LogP contribution in [0.1, 0.15) is 49.1 Å². The number of likely N-dealkylation sites (N-methyl/N-ethyl adjacent to an activating group) is 1. The Labute approximate surface area is 217 Å². The van der Waals surface area contributed by atoms with Crippen LogP contribution in [0.5, 0.6) is 5.75 Å². The van der Waals surface area contributed by atoms with Gasteiger partial charge in [-0.25, -0.2) is 4.98 Å². The van der Waals surface area contributed by atoms with Gasteiger partial charge in [-0.15, -0.1) is 0 Å². The monoisotopic (exact) mass is 510 g/mol. The number of β-amino-alcohol motifs (C(OH)–C–C–N with tert-alkyl or cyclic N) is 1. The van der Waals surface area contributed by atoms with E-state index in [0.29, 0.717) is 41.6 Å². The average Bonchev–Trinajstić information content (AvgIpc) is 2.83. The SMILES string of the molecule is CCN(Cc1cc(O)ccc1Cl)C(=O)Cc1cccc(CC(C)(C)NC[C@@H](O)c2ccc(N)nc2)c1. The fourth-order valence-corrected chi connectivity index (χ4v) is 4.26. The lowest BCUT2D eigenvalue weighted by Crippen LogP contribution is -2.43. The van der Waals surface area contributed by atoms with E-state index >= 15 is 0 Å². The molecule has 3 aromatic rings. The van der Waals surface area contributed by atoms with Crippen LogP contribution in [-0.2, 0) is 24.2 Å². The standard InChI is InChI=1S/C28H35ClN4O3/c1-4-33(18-22-14-23(34)9-10-24(22)29)27(36)13-19-6-5-7-20(12-19)15-28(2,3)32-17-25(35)21-8-11-26(30)31-16-21/h5-12,14,16,25,32,34-35H,4,13,15,17-18H2,1-3H3,(H2,30,31)/t25-/m1/s1. The van der Waals surface area contributed by atoms with Crippen molar-refractivity contribution in [3.05, 3.63) is 88.1 Å². The summed E-state index contributed by atoms with van der Waals surface area (Å²) in [6, 6.07) is 16.2. The van der Waals surface area contributed by atoms with E-state index in [9.17, 15) is 15.0 Å². The molecule has 0 unspecified atom stereocenters. The quantitative estimate of drug-likeness (QED) is 0.307. The molecule has 0 saturated heterocycles. The molecule has 0 spiro atoms. The van der Waals surface area contributed by atoms with Crippen molar-refractivity contribution in [2.45, 2.75) is 51.8 Å². The lowest BCUT2D eigenvalue weighted by atomic mass is 9.93. The Morgan fingerprint density at radius 3 is 2.61 bits per heavy atom. The van der Waals surface area contributed by atoms with Crippen LogP contribution in [0.2, 0.25) is 5.02 Å². The Morgan fingerprint density at radius 2 is 1.92 bits per heavy atom. The number of aliphatic hydroxyl groups is 1. The molecule has 1 aromatic heterocycles. The van der Waals surface area contributed by atoms with Crippen LogP contribution >= 0.6 is 11.6 Å². The summed E-state index contributed by atoms with van der Waals surface area (Å²) in [6.07, 6.45) is 1.89. The van der Waals surface area contributed by atoms with Gasteiger partial charge in [0.05, 0.1) is 12.5 Å². The molecule has 2 aromatic carbocycles. The molecule has 8 heteroatoms. The molecular formula is C28H35ClN4O3. The van der Waals surface area contributed by atoms with Crippen LogP contribution in [0.15, 0.2) is 60.8 Å². The van der Waals surface area contributed by atoms with Crippen LogP contribution < -0.4 is 11.1 Å². The van der Waals surface area contributed by atoms with Gasteiger partial charge < -0.3 is 26.2 Å². The summed E-state index contributed by atoms with van der Waals surface area (Å²) >= 11 is 6.25. The molecule has 0 fully saturated rings. The third-order valence-electron chi connectivity index (χ3n) is 6.09. The molecule has 5 N–H and O–H groups in total. The van der Waals surface area contributed by atoms with E-state index in [2.05, 4.69) is 30.2 Å². The van der Waals surface area contributed by atoms with Gasteiger partial charge in [-0.2, -0.15) is 0 Å². The molecule has 0 radical (unpaired) electrons. The predicted octanol–water partition coefficient (Wildman–Crippen LogP) is 4.26. The summed E-state index contributed by atoms with van der Waals surface area (Å²) in [6.45, 7) is 7.33. The van der Waals surface area contributed by atoms with Crippen molar-refractivity contribution in [1.82, 2.24) is 15.2 Å². The number of phenols is 1. The molecule has 1 atom stereocenters. The van der Waals surface area contributed by atoms with Gasteiger partial charge in [0.15, 0.2) is 0 Å². The number of carbonyl (C=O) groups excluding carboxylic acids is 1. The molecule has 192 valence electrons. The molecule has 0 aliphatic rings. The third kappa shape index (κ3) is 7.95. The molecule has 0 aliphatic heterocycles. The van der Waals surface area contributed by atoms with Gasteiger partial charge in [-0.05, 0) is 68.1 Å². The first-order valence-corrected chi connectivity index (χ1v) is 12.4. The van der Waals surface area contributed by atoms with Crippen LogP contribution in [0.3, 0.4) is 0 Å². The summed E-state index contributed by atoms with van der Waals surface area (Å²) in [5, 5.41) is 24.2. The number of pyridine rings is 1. The molecule has 1 heterocycles. The maximum atomic E-state index is 13.0. The Kier molecular flexibility index (Phi) is 9.31. The number of halogens is 1. The second kappa shape index (κ2) is 12.2. The van der Waals surface area contributed by atoms with Gasteiger partial charge >= 0.3 is 0 Å². The summed E-state index contributed by atoms with van der Waals surface area (Å²) in [5.41, 5.74) is 8.79. The largest absolute Gasteiger partial charge is 0.508 e. The number of hydrogen-bond acceptors (Lipinski definition) is 6. The van der Waals surface area contributed by atoms with Gasteiger partial charge in [0, 0.05) is 42.0 Å². The number of nitrogens with one attached hydrogen (secondary N) is 1. The number of nitrogens with two attached hydrogens (primary N) is 1. The predicted molar refractivity (Wildman–Crippen MR) is 144 cm³/mol. The Bertz CT molecular complexity index is 1170. The second-order valence-corrected chi connectivity index (χ2v) is 10.1. The zero-order valence-electron chi connectivity index (χ0n) is 21.0. The maximum absolute atomic E-state index is 13.0. The number of carbonyl (C=O) groups is 1. The van der Waals surface area contributed by atoms with E-state index in [0.717, 1.165) is 17.5 Å². The normalized spacial score (nSPS) is 12.4. The molecule has 1 amide bonds. The van der Waals surface area contributed by atoms with Crippen LogP contribution in [-0.4, -0.2) is 44.6 Å². The smallest absolute Gasteiger partial charge is 0.227 e. The number of anilines is 1. The molecule has 0 aliphatic carbocycles. The lowest BCUT2D eigenvalue weighted by Gasteiger charge is -2.28. The maximum Gasteiger partial charge on any atom is 0.227 e. The number of aromatic nitrogens is 1. The Hall–Kier alpha value is -3.13. The van der Waals surface area contributed by atoms with Gasteiger partial charge in [0.25, 0.3) is 0 Å². The number of benzene rings is 2. The molecule has 7 nitrogen and oxygen atoms in total. The number of nitrogen functional groups attached to an aromatic ring is 1. The number of hydrogen-bond donors (Lipinski definition) is 4. The summed E-state index contributed by atoms with van der Waals surface area (Å²) in [5.74, 6) is 0.536. The first-order valence-electron chi connectivity index (χ1n) is 12.0. The number of nitrogens with zero attached hydrogens (tertiary/aromatic N) is 2. The van der Waals surface area contributed by atoms with Crippen molar-refractivity contribution in [2.75, 3.05) is 18.8 Å². The highest BCUT2D eigenvalue weighted by atomic mass is 35.5. The van der Waals surface area contributed by atoms with Crippen LogP contribution in [0, 0.1) is 0 Å². The van der Waals surface area contributed by atoms with Crippen molar-refractivity contribution in [1.29, 1.82) is 0 Å². The zero-order chi connectivity index (χ0) is 26.3. The topological polar surface area (TPSA) is 112 Å². The Balaban J connectivity index is 1.59. The van der Waals surface area contributed by atoms with Crippen LogP contribution in [0.25, 0.3) is 0 Å². The van der Waals surface area contributed by atoms with Crippen LogP contribution in [0.4, 0.5) is 5.82 Å². The van der Waals surface area contributed by atoms with E-state index in [4.69, 9.17) is 17.3 Å². The number of amides is 1. The number of phenolic OH excluding ortho intramolecular Hbond substituents is 1. The van der Waals surface area contributed by atoms with Gasteiger partial charge in [-0.1, -0.05) is 41.9 Å². The van der Waals surface area contributed by atoms with Crippen molar-refractivity contribution < 1.29 is 15.0 Å². The minimum Gasteiger partial charge on any atom is -0.508 e. The second-order valence-electron chi connectivity index (χ2n) is 9.65. The van der Waals surface area contributed by atoms with Gasteiger partial charge in [0.2, 0.25) is 5.91 Å². The van der Waals surface area contributed by atoms with Gasteiger partial charge in [-0.3, -0.25) is 4.79 Å². The van der Waals surface area contributed by atoms with Crippen molar-refractivity contribution in [3.63, 3.8) is 0 Å². The Morgan fingerprint density at radius 1 is 1.17 bits per heavy atom. The fraction of sp³-hybridized carbons (Fsp3) is 0.357.